The van der Waals surface area contributed by atoms with Crippen molar-refractivity contribution in [1.29, 1.82) is 0 Å². The number of amides is 8. The zero-order valence-corrected chi connectivity index (χ0v) is 75.6. The lowest BCUT2D eigenvalue weighted by Gasteiger charge is -2.14. The molecule has 0 heterocycles. The van der Waals surface area contributed by atoms with E-state index in [1.165, 1.54) is 74.6 Å². The van der Waals surface area contributed by atoms with Crippen LogP contribution in [0.25, 0.3) is 0 Å². The van der Waals surface area contributed by atoms with Crippen LogP contribution >= 0.6 is 0 Å². The maximum absolute atomic E-state index is 12.6. The molecule has 712 valence electrons. The highest BCUT2D eigenvalue weighted by Gasteiger charge is 2.31. The highest BCUT2D eigenvalue weighted by Crippen LogP contribution is 2.29. The van der Waals surface area contributed by atoms with E-state index in [1.807, 2.05) is 95.3 Å². The molecule has 36 heteroatoms. The van der Waals surface area contributed by atoms with Crippen LogP contribution in [0, 0.1) is 33.5 Å². The third-order valence-electron chi connectivity index (χ3n) is 18.5. The highest BCUT2D eigenvalue weighted by atomic mass is 19.4. The largest absolute Gasteiger partial charge is 0.416 e. The fraction of sp³-hybridized carbons (Fsp3) is 0.333. The SMILES string of the molecule is CC(=O)C(CO)NC(=O)c1ccc(C(F)(F)F)cc1.CC(=O)C(CO)NC(=O)c1ccc(C)cc1.CC(=O)C(CO)NC(=O)c1ccc(C)cc1.CC(=O)C(CO)NC(=O)c1ccc(C)cc1.CC(=O)C(CO)NC(=O)c1ccc(F)cc1.CC(=O)C(CO)NC(=O)c1ccccc1.CCc1ccc(C(=O)NC(CO)C(C)=O)cc1.COCC(NC(=O)c1ccc(C)cc1)C(C)=O. The van der Waals surface area contributed by atoms with Crippen molar-refractivity contribution in [1.82, 2.24) is 42.5 Å². The Labute approximate surface area is 762 Å². The number of methoxy groups -OCH3 is 1. The van der Waals surface area contributed by atoms with E-state index >= 15 is 0 Å². The van der Waals surface area contributed by atoms with Crippen molar-refractivity contribution in [2.24, 2.45) is 0 Å². The number of carbonyl (C=O) groups excluding carboxylic acids is 16. The van der Waals surface area contributed by atoms with Crippen molar-refractivity contribution in [2.75, 3.05) is 60.0 Å². The number of benzene rings is 8. The fourth-order valence-corrected chi connectivity index (χ4v) is 10.0. The molecule has 8 atom stereocenters. The van der Waals surface area contributed by atoms with E-state index in [9.17, 15) is 94.3 Å². The van der Waals surface area contributed by atoms with Crippen LogP contribution < -0.4 is 42.5 Å². The number of aliphatic hydroxyl groups excluding tert-OH is 7. The Kier molecular flexibility index (Phi) is 54.4. The Bertz CT molecular complexity index is 4740. The third-order valence-corrected chi connectivity index (χ3v) is 18.5. The van der Waals surface area contributed by atoms with Crippen molar-refractivity contribution in [3.63, 3.8) is 0 Å². The number of ketones is 8. The van der Waals surface area contributed by atoms with Crippen molar-refractivity contribution < 1.29 is 135 Å². The number of nitrogens with one attached hydrogen (secondary N) is 8. The van der Waals surface area contributed by atoms with Gasteiger partial charge in [0.15, 0.2) is 46.3 Å². The predicted molar refractivity (Wildman–Crippen MR) is 482 cm³/mol. The first-order valence-electron chi connectivity index (χ1n) is 40.8. The zero-order chi connectivity index (χ0) is 100. The Morgan fingerprint density at radius 3 is 0.621 bits per heavy atom. The highest BCUT2D eigenvalue weighted by molar-refractivity contribution is 6.03. The summed E-state index contributed by atoms with van der Waals surface area (Å²) in [6, 6.07) is 45.6. The minimum Gasteiger partial charge on any atom is -0.394 e. The van der Waals surface area contributed by atoms with E-state index in [0.29, 0.717) is 33.4 Å². The van der Waals surface area contributed by atoms with Gasteiger partial charge in [-0.2, -0.15) is 13.2 Å². The van der Waals surface area contributed by atoms with Gasteiger partial charge in [-0.05, 0) is 216 Å². The van der Waals surface area contributed by atoms with E-state index in [2.05, 4.69) is 42.5 Å². The van der Waals surface area contributed by atoms with Gasteiger partial charge in [0, 0.05) is 51.6 Å². The number of aliphatic hydroxyl groups is 7. The van der Waals surface area contributed by atoms with Crippen LogP contribution in [0.5, 0.6) is 0 Å². The molecule has 8 rings (SSSR count). The van der Waals surface area contributed by atoms with Gasteiger partial charge >= 0.3 is 6.18 Å². The molecular weight excluding hydrogens is 1730 g/mol. The molecule has 8 aromatic rings. The Hall–Kier alpha value is -13.7. The molecular formula is C96H116F4N8O24. The second kappa shape index (κ2) is 61.7. The maximum Gasteiger partial charge on any atom is 0.416 e. The standard InChI is InChI=1S/2C13H17NO3.C12H12F3NO3.3C12H15NO3.C11H12FNO3.C11H13NO3/c1-9-4-6-11(7-5-9)13(16)14-12(8-17-3)10(2)15;1-3-10-4-6-11(7-5-10)13(17)14-12(8-15)9(2)16;1-7(18)10(6-17)16-11(19)8-2-4-9(5-3-8)12(13,14)15;3*1-8-3-5-10(6-4-8)12(16)13-11(7-14)9(2)15;1-7(15)10(6-14)13-11(16)8-2-4-9(12)5-3-8;1-8(14)10(7-13)12-11(15)9-5-3-2-4-6-9/h4-7,12H,8H2,1-3H3,(H,14,16);4-7,12,15H,3,8H2,1-2H3,(H,14,17);2-5,10,17H,6H2,1H3,(H,16,19);3*3-6,11,14H,7H2,1-2H3,(H,13,16);2-5,10,14H,6H2,1H3,(H,13,16);2-6,10,13H,7H2,1H3,(H,12,15). The van der Waals surface area contributed by atoms with Crippen LogP contribution in [-0.4, -0.2) is 238 Å². The predicted octanol–water partition coefficient (Wildman–Crippen LogP) is 6.54. The van der Waals surface area contributed by atoms with E-state index in [4.69, 9.17) is 40.5 Å². The van der Waals surface area contributed by atoms with Crippen LogP contribution in [0.3, 0.4) is 0 Å². The Balaban J connectivity index is 0.000000755. The van der Waals surface area contributed by atoms with Gasteiger partial charge in [-0.3, -0.25) is 76.7 Å². The first-order valence-corrected chi connectivity index (χ1v) is 40.8. The number of aryl methyl sites for hydroxylation is 5. The van der Waals surface area contributed by atoms with Gasteiger partial charge in [0.2, 0.25) is 0 Å². The molecule has 0 saturated heterocycles. The summed E-state index contributed by atoms with van der Waals surface area (Å²) in [5.74, 6) is -5.90. The molecule has 0 aliphatic rings. The van der Waals surface area contributed by atoms with E-state index in [0.717, 1.165) is 70.6 Å². The van der Waals surface area contributed by atoms with Crippen molar-refractivity contribution in [3.05, 3.63) is 284 Å². The summed E-state index contributed by atoms with van der Waals surface area (Å²) in [5.41, 5.74) is 7.68. The summed E-state index contributed by atoms with van der Waals surface area (Å²) >= 11 is 0. The number of hydrogen-bond acceptors (Lipinski definition) is 24. The lowest BCUT2D eigenvalue weighted by Crippen LogP contribution is -2.42. The monoisotopic (exact) mass is 1840 g/mol. The number of rotatable bonds is 34. The molecule has 132 heavy (non-hydrogen) atoms. The average molecular weight is 1840 g/mol. The summed E-state index contributed by atoms with van der Waals surface area (Å²) < 4.78 is 54.4. The fourth-order valence-electron chi connectivity index (χ4n) is 10.0. The normalized spacial score (nSPS) is 12.1. The number of halogens is 4. The smallest absolute Gasteiger partial charge is 0.394 e. The number of ether oxygens (including phenoxy) is 1. The lowest BCUT2D eigenvalue weighted by molar-refractivity contribution is -0.137. The second-order valence-corrected chi connectivity index (χ2v) is 29.3. The summed E-state index contributed by atoms with van der Waals surface area (Å²) in [5, 5.41) is 81.7. The van der Waals surface area contributed by atoms with Crippen molar-refractivity contribution in [3.8, 4) is 0 Å². The van der Waals surface area contributed by atoms with Gasteiger partial charge in [-0.15, -0.1) is 0 Å². The number of carbonyl (C=O) groups is 16. The minimum absolute atomic E-state index is 0.0206. The van der Waals surface area contributed by atoms with Gasteiger partial charge in [-0.25, -0.2) is 4.39 Å². The summed E-state index contributed by atoms with van der Waals surface area (Å²) in [4.78, 5) is 182. The number of alkyl halides is 3. The summed E-state index contributed by atoms with van der Waals surface area (Å²) in [6.45, 7) is 17.5. The molecule has 0 radical (unpaired) electrons. The zero-order valence-electron chi connectivity index (χ0n) is 75.6. The van der Waals surface area contributed by atoms with Gasteiger partial charge in [0.25, 0.3) is 47.3 Å². The van der Waals surface area contributed by atoms with Gasteiger partial charge in [0.05, 0.1) is 58.4 Å². The summed E-state index contributed by atoms with van der Waals surface area (Å²) in [6.07, 6.45) is -3.56. The van der Waals surface area contributed by atoms with Gasteiger partial charge < -0.3 is 83.0 Å². The van der Waals surface area contributed by atoms with E-state index in [1.54, 1.807) is 91.0 Å². The van der Waals surface area contributed by atoms with Crippen molar-refractivity contribution >= 4 is 93.5 Å². The first-order chi connectivity index (χ1) is 62.2. The average Bonchev–Trinajstić information content (AvgIpc) is 0.842. The Morgan fingerprint density at radius 2 is 0.447 bits per heavy atom. The van der Waals surface area contributed by atoms with Crippen molar-refractivity contribution in [2.45, 2.75) is 151 Å². The van der Waals surface area contributed by atoms with Gasteiger partial charge in [-0.1, -0.05) is 108 Å². The Morgan fingerprint density at radius 1 is 0.273 bits per heavy atom. The molecule has 0 fully saturated rings. The van der Waals surface area contributed by atoms with Crippen LogP contribution in [-0.2, 0) is 55.7 Å². The molecule has 0 saturated carbocycles. The van der Waals surface area contributed by atoms with Crippen LogP contribution in [0.1, 0.15) is 179 Å². The third kappa shape index (κ3) is 45.0. The van der Waals surface area contributed by atoms with Gasteiger partial charge in [0.1, 0.15) is 54.2 Å². The number of Topliss-reactive ketones (excluding diaryl/α,β-unsaturated/α-hetero) is 8. The molecule has 8 unspecified atom stereocenters. The molecule has 0 aliphatic carbocycles. The topological polar surface area (TPSA) is 520 Å². The molecule has 0 bridgehead atoms. The molecule has 0 aliphatic heterocycles. The molecule has 32 nitrogen and oxygen atoms in total. The number of hydrogen-bond donors (Lipinski definition) is 15. The summed E-state index contributed by atoms with van der Waals surface area (Å²) in [7, 11) is 1.49. The van der Waals surface area contributed by atoms with E-state index < -0.39 is 96.7 Å². The van der Waals surface area contributed by atoms with Crippen LogP contribution in [0.15, 0.2) is 200 Å². The van der Waals surface area contributed by atoms with Crippen LogP contribution in [0.4, 0.5) is 17.6 Å². The molecule has 0 spiro atoms. The molecule has 15 N–H and O–H groups in total. The van der Waals surface area contributed by atoms with E-state index in [-0.39, 0.29) is 127 Å². The minimum atomic E-state index is -4.47. The quantitative estimate of drug-likeness (QED) is 0.0190. The lowest BCUT2D eigenvalue weighted by atomic mass is 10.1. The first kappa shape index (κ1) is 116. The van der Waals surface area contributed by atoms with Crippen LogP contribution in [0.2, 0.25) is 0 Å². The molecule has 8 aromatic carbocycles. The molecule has 0 aromatic heterocycles. The maximum atomic E-state index is 12.6. The molecule has 8 amide bonds. The second-order valence-electron chi connectivity index (χ2n) is 29.3.